The van der Waals surface area contributed by atoms with E-state index < -0.39 is 17.8 Å². The molecule has 0 unspecified atom stereocenters. The van der Waals surface area contributed by atoms with Gasteiger partial charge in [-0.25, -0.2) is 14.0 Å². The van der Waals surface area contributed by atoms with E-state index >= 15 is 0 Å². The van der Waals surface area contributed by atoms with E-state index in [4.69, 9.17) is 4.74 Å². The van der Waals surface area contributed by atoms with Crippen molar-refractivity contribution in [3.63, 3.8) is 0 Å². The van der Waals surface area contributed by atoms with E-state index in [1.165, 1.54) is 32.4 Å². The summed E-state index contributed by atoms with van der Waals surface area (Å²) in [7, 11) is 2.35. The van der Waals surface area contributed by atoms with Gasteiger partial charge in [-0.2, -0.15) is 0 Å². The van der Waals surface area contributed by atoms with Gasteiger partial charge in [0.25, 0.3) is 0 Å². The van der Waals surface area contributed by atoms with Gasteiger partial charge < -0.3 is 19.5 Å². The van der Waals surface area contributed by atoms with Crippen LogP contribution in [0.3, 0.4) is 0 Å². The van der Waals surface area contributed by atoms with Gasteiger partial charge in [0.1, 0.15) is 17.3 Å². The van der Waals surface area contributed by atoms with Crippen LogP contribution in [0.15, 0.2) is 30.0 Å². The maximum Gasteiger partial charge on any atom is 0.354 e. The van der Waals surface area contributed by atoms with Gasteiger partial charge in [-0.15, -0.1) is 0 Å². The topological polar surface area (TPSA) is 73.9 Å². The predicted octanol–water partition coefficient (Wildman–Crippen LogP) is 1.87. The van der Waals surface area contributed by atoms with Gasteiger partial charge in [-0.1, -0.05) is 0 Å². The minimum Gasteiger partial charge on any atom is -0.492 e. The summed E-state index contributed by atoms with van der Waals surface area (Å²) in [5.41, 5.74) is 0.163. The molecule has 1 aromatic rings. The summed E-state index contributed by atoms with van der Waals surface area (Å²) in [6, 6.07) is 3.74. The Morgan fingerprint density at radius 3 is 2.57 bits per heavy atom. The van der Waals surface area contributed by atoms with Crippen LogP contribution in [0, 0.1) is 5.82 Å². The van der Waals surface area contributed by atoms with Crippen molar-refractivity contribution in [3.05, 3.63) is 35.8 Å². The van der Waals surface area contributed by atoms with Crippen molar-refractivity contribution in [2.24, 2.45) is 0 Å². The minimum atomic E-state index is -0.771. The minimum absolute atomic E-state index is 0.156. The van der Waals surface area contributed by atoms with E-state index in [1.54, 1.807) is 6.92 Å². The number of carbonyl (C=O) groups excluding carboxylic acids is 2. The molecule has 0 aromatic heterocycles. The largest absolute Gasteiger partial charge is 0.492 e. The molecule has 1 N–H and O–H groups in total. The molecule has 0 saturated heterocycles. The quantitative estimate of drug-likeness (QED) is 0.638. The molecule has 6 nitrogen and oxygen atoms in total. The Balaban J connectivity index is 3.11. The molecule has 7 heteroatoms. The van der Waals surface area contributed by atoms with E-state index in [2.05, 4.69) is 14.8 Å². The highest BCUT2D eigenvalue weighted by atomic mass is 19.1. The molecule has 21 heavy (non-hydrogen) atoms. The number of halogens is 1. The van der Waals surface area contributed by atoms with Crippen molar-refractivity contribution in [2.75, 3.05) is 26.1 Å². The highest BCUT2D eigenvalue weighted by Gasteiger charge is 2.15. The SMILES string of the molecule is CCOc1cc(F)ccc1N/C(=C/C(=O)OC)C(=O)OC. The van der Waals surface area contributed by atoms with E-state index in [-0.39, 0.29) is 11.4 Å². The molecule has 0 spiro atoms. The van der Waals surface area contributed by atoms with E-state index in [9.17, 15) is 14.0 Å². The second-order valence-corrected chi connectivity index (χ2v) is 3.77. The van der Waals surface area contributed by atoms with Gasteiger partial charge in [-0.05, 0) is 19.1 Å². The van der Waals surface area contributed by atoms with E-state index in [0.717, 1.165) is 6.08 Å². The Labute approximate surface area is 121 Å². The fraction of sp³-hybridized carbons (Fsp3) is 0.286. The molecule has 0 heterocycles. The molecule has 0 aliphatic heterocycles. The van der Waals surface area contributed by atoms with Crippen molar-refractivity contribution >= 4 is 17.6 Å². The van der Waals surface area contributed by atoms with Crippen molar-refractivity contribution in [1.29, 1.82) is 0 Å². The maximum atomic E-state index is 13.2. The summed E-state index contributed by atoms with van der Waals surface area (Å²) in [5.74, 6) is -1.78. The van der Waals surface area contributed by atoms with Gasteiger partial charge in [0.15, 0.2) is 0 Å². The molecule has 0 bridgehead atoms. The average Bonchev–Trinajstić information content (AvgIpc) is 2.48. The van der Waals surface area contributed by atoms with Crippen molar-refractivity contribution in [1.82, 2.24) is 0 Å². The van der Waals surface area contributed by atoms with Crippen molar-refractivity contribution in [2.45, 2.75) is 6.92 Å². The van der Waals surface area contributed by atoms with Crippen LogP contribution in [-0.2, 0) is 19.1 Å². The summed E-state index contributed by atoms with van der Waals surface area (Å²) in [6.07, 6.45) is 0.935. The highest BCUT2D eigenvalue weighted by molar-refractivity contribution is 5.99. The Bertz CT molecular complexity index is 556. The Hall–Kier alpha value is -2.57. The second-order valence-electron chi connectivity index (χ2n) is 3.77. The number of esters is 2. The summed E-state index contributed by atoms with van der Waals surface area (Å²) in [4.78, 5) is 22.9. The normalized spacial score (nSPS) is 10.8. The van der Waals surface area contributed by atoms with Gasteiger partial charge in [0, 0.05) is 6.07 Å². The lowest BCUT2D eigenvalue weighted by Crippen LogP contribution is -2.16. The first-order chi connectivity index (χ1) is 10.0. The smallest absolute Gasteiger partial charge is 0.354 e. The number of rotatable bonds is 6. The molecular formula is C14H16FNO5. The van der Waals surface area contributed by atoms with Crippen molar-refractivity contribution in [3.8, 4) is 5.75 Å². The molecule has 1 rings (SSSR count). The summed E-state index contributed by atoms with van der Waals surface area (Å²) in [5, 5.41) is 2.67. The Morgan fingerprint density at radius 2 is 2.00 bits per heavy atom. The molecule has 0 saturated carbocycles. The van der Waals surface area contributed by atoms with Gasteiger partial charge in [-0.3, -0.25) is 0 Å². The van der Waals surface area contributed by atoms with Crippen LogP contribution in [0.25, 0.3) is 0 Å². The molecule has 0 aliphatic rings. The molecule has 0 amide bonds. The highest BCUT2D eigenvalue weighted by Crippen LogP contribution is 2.27. The number of carbonyl (C=O) groups is 2. The standard InChI is InChI=1S/C14H16FNO5/c1-4-21-12-7-9(15)5-6-10(12)16-11(14(18)20-3)8-13(17)19-2/h5-8,16H,4H2,1-3H3/b11-8+. The molecule has 0 radical (unpaired) electrons. The van der Waals surface area contributed by atoms with Crippen LogP contribution in [-0.4, -0.2) is 32.8 Å². The lowest BCUT2D eigenvalue weighted by molar-refractivity contribution is -0.138. The molecule has 0 aliphatic carbocycles. The number of hydrogen-bond donors (Lipinski definition) is 1. The first kappa shape index (κ1) is 16.5. The Kier molecular flexibility index (Phi) is 6.19. The van der Waals surface area contributed by atoms with Crippen LogP contribution in [0.4, 0.5) is 10.1 Å². The summed E-state index contributed by atoms with van der Waals surface area (Å²) < 4.78 is 27.5. The van der Waals surface area contributed by atoms with Crippen LogP contribution in [0.1, 0.15) is 6.92 Å². The molecule has 0 fully saturated rings. The van der Waals surface area contributed by atoms with Crippen LogP contribution < -0.4 is 10.1 Å². The van der Waals surface area contributed by atoms with Crippen molar-refractivity contribution < 1.29 is 28.2 Å². The first-order valence-corrected chi connectivity index (χ1v) is 6.09. The lowest BCUT2D eigenvalue weighted by atomic mass is 10.2. The summed E-state index contributed by atoms with van der Waals surface area (Å²) >= 11 is 0. The van der Waals surface area contributed by atoms with E-state index in [0.29, 0.717) is 12.3 Å². The zero-order valence-electron chi connectivity index (χ0n) is 11.9. The molecule has 1 aromatic carbocycles. The third kappa shape index (κ3) is 4.79. The number of anilines is 1. The zero-order valence-corrected chi connectivity index (χ0v) is 11.9. The second kappa shape index (κ2) is 7.88. The number of hydrogen-bond acceptors (Lipinski definition) is 6. The summed E-state index contributed by atoms with van der Waals surface area (Å²) in [6.45, 7) is 2.05. The fourth-order valence-electron chi connectivity index (χ4n) is 1.45. The van der Waals surface area contributed by atoms with Gasteiger partial charge >= 0.3 is 11.9 Å². The third-order valence-corrected chi connectivity index (χ3v) is 2.38. The molecule has 0 atom stereocenters. The number of nitrogens with one attached hydrogen (secondary N) is 1. The molecule has 114 valence electrons. The van der Waals surface area contributed by atoms with E-state index in [1.807, 2.05) is 0 Å². The lowest BCUT2D eigenvalue weighted by Gasteiger charge is -2.13. The fourth-order valence-corrected chi connectivity index (χ4v) is 1.45. The average molecular weight is 297 g/mol. The first-order valence-electron chi connectivity index (χ1n) is 6.09. The van der Waals surface area contributed by atoms with Gasteiger partial charge in [0.2, 0.25) is 0 Å². The number of ether oxygens (including phenoxy) is 3. The van der Waals surface area contributed by atoms with Crippen LogP contribution in [0.2, 0.25) is 0 Å². The predicted molar refractivity (Wildman–Crippen MR) is 73.3 cm³/mol. The van der Waals surface area contributed by atoms with Crippen LogP contribution in [0.5, 0.6) is 5.75 Å². The monoisotopic (exact) mass is 297 g/mol. The maximum absolute atomic E-state index is 13.2. The third-order valence-electron chi connectivity index (χ3n) is 2.38. The number of benzene rings is 1. The zero-order chi connectivity index (χ0) is 15.8. The van der Waals surface area contributed by atoms with Crippen LogP contribution >= 0.6 is 0 Å². The molecular weight excluding hydrogens is 281 g/mol. The van der Waals surface area contributed by atoms with Gasteiger partial charge in [0.05, 0.1) is 32.6 Å². The Morgan fingerprint density at radius 1 is 1.29 bits per heavy atom. The number of methoxy groups -OCH3 is 2.